The molecule has 1 rings (SSSR count). The summed E-state index contributed by atoms with van der Waals surface area (Å²) in [4.78, 5) is -0.101. The van der Waals surface area contributed by atoms with Gasteiger partial charge in [-0.2, -0.15) is 0 Å². The molecular formula is C10H12Br2N2O. The molecule has 0 spiro atoms. The van der Waals surface area contributed by atoms with Crippen LogP contribution in [0.15, 0.2) is 33.8 Å². The second-order valence-corrected chi connectivity index (χ2v) is 4.65. The third-order valence-electron chi connectivity index (χ3n) is 1.80. The molecule has 1 atom stereocenters. The van der Waals surface area contributed by atoms with Gasteiger partial charge in [0.1, 0.15) is 4.83 Å². The minimum absolute atomic E-state index is 0.101. The highest BCUT2D eigenvalue weighted by molar-refractivity contribution is 9.10. The Morgan fingerprint density at radius 3 is 2.53 bits per heavy atom. The molecule has 0 radical (unpaired) electrons. The van der Waals surface area contributed by atoms with Crippen molar-refractivity contribution in [2.24, 2.45) is 10.9 Å². The zero-order chi connectivity index (χ0) is 11.3. The molecular weight excluding hydrogens is 324 g/mol. The van der Waals surface area contributed by atoms with Crippen LogP contribution in [0, 0.1) is 0 Å². The molecule has 0 bridgehead atoms. The molecule has 2 N–H and O–H groups in total. The lowest BCUT2D eigenvalue weighted by molar-refractivity contribution is 0.318. The Balaban J connectivity index is 2.83. The smallest absolute Gasteiger partial charge is 0.223 e. The van der Waals surface area contributed by atoms with E-state index in [4.69, 9.17) is 10.6 Å². The normalized spacial score (nSPS) is 13.7. The second kappa shape index (κ2) is 6.12. The van der Waals surface area contributed by atoms with Gasteiger partial charge in [0, 0.05) is 4.47 Å². The average Bonchev–Trinajstić information content (AvgIpc) is 2.26. The number of rotatable bonds is 3. The number of hydrogen-bond acceptors (Lipinski definition) is 3. The van der Waals surface area contributed by atoms with Crippen LogP contribution in [0.1, 0.15) is 17.3 Å². The molecule has 0 aromatic heterocycles. The first-order valence-corrected chi connectivity index (χ1v) is 6.20. The Morgan fingerprint density at radius 2 is 2.07 bits per heavy atom. The third kappa shape index (κ3) is 3.50. The standard InChI is InChI=1S/C10H12Br2N2O/c1-2-15-10(14-13)9(12)7-3-5-8(11)6-4-7/h3-6,9H,2,13H2,1H3. The maximum Gasteiger partial charge on any atom is 0.223 e. The van der Waals surface area contributed by atoms with Crippen molar-refractivity contribution in [2.45, 2.75) is 11.8 Å². The minimum Gasteiger partial charge on any atom is -0.479 e. The van der Waals surface area contributed by atoms with Crippen LogP contribution >= 0.6 is 31.9 Å². The average molecular weight is 336 g/mol. The van der Waals surface area contributed by atoms with E-state index in [-0.39, 0.29) is 4.83 Å². The Hall–Kier alpha value is -0.550. The topological polar surface area (TPSA) is 47.6 Å². The first-order valence-electron chi connectivity index (χ1n) is 4.49. The molecule has 1 unspecified atom stereocenters. The largest absolute Gasteiger partial charge is 0.479 e. The summed E-state index contributed by atoms with van der Waals surface area (Å²) in [6.07, 6.45) is 0. The number of benzene rings is 1. The highest BCUT2D eigenvalue weighted by Crippen LogP contribution is 2.26. The summed E-state index contributed by atoms with van der Waals surface area (Å²) in [7, 11) is 0. The Morgan fingerprint density at radius 1 is 1.47 bits per heavy atom. The number of nitrogens with two attached hydrogens (primary N) is 1. The lowest BCUT2D eigenvalue weighted by Crippen LogP contribution is -2.13. The Bertz CT molecular complexity index is 338. The van der Waals surface area contributed by atoms with Crippen LogP contribution in [0.5, 0.6) is 0 Å². The van der Waals surface area contributed by atoms with E-state index in [0.717, 1.165) is 10.0 Å². The van der Waals surface area contributed by atoms with E-state index < -0.39 is 0 Å². The second-order valence-electron chi connectivity index (χ2n) is 2.81. The summed E-state index contributed by atoms with van der Waals surface area (Å²) in [6.45, 7) is 2.45. The van der Waals surface area contributed by atoms with E-state index in [0.29, 0.717) is 12.5 Å². The molecule has 0 aliphatic heterocycles. The van der Waals surface area contributed by atoms with Crippen LogP contribution < -0.4 is 5.84 Å². The molecule has 15 heavy (non-hydrogen) atoms. The van der Waals surface area contributed by atoms with Crippen molar-refractivity contribution in [3.05, 3.63) is 34.3 Å². The SMILES string of the molecule is CCOC(=NN)C(Br)c1ccc(Br)cc1. The molecule has 0 amide bonds. The van der Waals surface area contributed by atoms with Gasteiger partial charge < -0.3 is 10.6 Å². The monoisotopic (exact) mass is 334 g/mol. The van der Waals surface area contributed by atoms with Crippen molar-refractivity contribution >= 4 is 37.8 Å². The summed E-state index contributed by atoms with van der Waals surface area (Å²) in [5, 5.41) is 3.61. The molecule has 3 nitrogen and oxygen atoms in total. The van der Waals surface area contributed by atoms with Crippen LogP contribution in [0.4, 0.5) is 0 Å². The van der Waals surface area contributed by atoms with Crippen LogP contribution in [-0.2, 0) is 4.74 Å². The summed E-state index contributed by atoms with van der Waals surface area (Å²) in [5.74, 6) is 5.74. The van der Waals surface area contributed by atoms with Crippen LogP contribution in [0.3, 0.4) is 0 Å². The maximum absolute atomic E-state index is 5.30. The number of nitrogens with zero attached hydrogens (tertiary/aromatic N) is 1. The molecule has 0 saturated carbocycles. The predicted molar refractivity (Wildman–Crippen MR) is 69.1 cm³/mol. The fraction of sp³-hybridized carbons (Fsp3) is 0.300. The molecule has 5 heteroatoms. The lowest BCUT2D eigenvalue weighted by Gasteiger charge is -2.12. The fourth-order valence-electron chi connectivity index (χ4n) is 1.10. The molecule has 0 aliphatic carbocycles. The summed E-state index contributed by atoms with van der Waals surface area (Å²) < 4.78 is 6.34. The number of alkyl halides is 1. The quantitative estimate of drug-likeness (QED) is 0.303. The predicted octanol–water partition coefficient (Wildman–Crippen LogP) is 3.19. The molecule has 1 aromatic carbocycles. The van der Waals surface area contributed by atoms with Gasteiger partial charge >= 0.3 is 0 Å². The maximum atomic E-state index is 5.30. The van der Waals surface area contributed by atoms with Gasteiger partial charge in [0.05, 0.1) is 6.61 Å². The van der Waals surface area contributed by atoms with Crippen LogP contribution in [0.25, 0.3) is 0 Å². The first-order chi connectivity index (χ1) is 7.19. The van der Waals surface area contributed by atoms with Gasteiger partial charge in [0.25, 0.3) is 0 Å². The van der Waals surface area contributed by atoms with Crippen LogP contribution in [-0.4, -0.2) is 12.5 Å². The van der Waals surface area contributed by atoms with Crippen molar-refractivity contribution < 1.29 is 4.74 Å². The molecule has 1 aromatic rings. The number of halogens is 2. The van der Waals surface area contributed by atoms with E-state index in [9.17, 15) is 0 Å². The molecule has 0 saturated heterocycles. The van der Waals surface area contributed by atoms with E-state index in [1.807, 2.05) is 31.2 Å². The molecule has 0 heterocycles. The molecule has 82 valence electrons. The van der Waals surface area contributed by atoms with E-state index in [2.05, 4.69) is 37.0 Å². The van der Waals surface area contributed by atoms with E-state index in [1.54, 1.807) is 0 Å². The van der Waals surface area contributed by atoms with Gasteiger partial charge in [-0.05, 0) is 24.6 Å². The van der Waals surface area contributed by atoms with Gasteiger partial charge in [0.2, 0.25) is 5.90 Å². The zero-order valence-corrected chi connectivity index (χ0v) is 11.5. The highest BCUT2D eigenvalue weighted by Gasteiger charge is 2.15. The molecule has 0 aliphatic rings. The molecule has 0 fully saturated rings. The summed E-state index contributed by atoms with van der Waals surface area (Å²) >= 11 is 6.87. The first kappa shape index (κ1) is 12.5. The van der Waals surface area contributed by atoms with Gasteiger partial charge in [-0.3, -0.25) is 0 Å². The van der Waals surface area contributed by atoms with Crippen molar-refractivity contribution in [3.63, 3.8) is 0 Å². The number of hydrazone groups is 1. The van der Waals surface area contributed by atoms with Gasteiger partial charge in [-0.1, -0.05) is 44.0 Å². The van der Waals surface area contributed by atoms with Crippen LogP contribution in [0.2, 0.25) is 0 Å². The third-order valence-corrected chi connectivity index (χ3v) is 3.25. The summed E-state index contributed by atoms with van der Waals surface area (Å²) in [6, 6.07) is 7.88. The minimum atomic E-state index is -0.101. The summed E-state index contributed by atoms with van der Waals surface area (Å²) in [5.41, 5.74) is 1.05. The van der Waals surface area contributed by atoms with Crippen molar-refractivity contribution in [2.75, 3.05) is 6.61 Å². The van der Waals surface area contributed by atoms with Crippen molar-refractivity contribution in [1.29, 1.82) is 0 Å². The number of ether oxygens (including phenoxy) is 1. The van der Waals surface area contributed by atoms with Crippen molar-refractivity contribution in [1.82, 2.24) is 0 Å². The fourth-order valence-corrected chi connectivity index (χ4v) is 1.92. The zero-order valence-electron chi connectivity index (χ0n) is 8.28. The Kier molecular flexibility index (Phi) is 5.11. The number of hydrogen-bond donors (Lipinski definition) is 1. The van der Waals surface area contributed by atoms with Crippen molar-refractivity contribution in [3.8, 4) is 0 Å². The Labute approximate surface area is 106 Å². The van der Waals surface area contributed by atoms with E-state index >= 15 is 0 Å². The van der Waals surface area contributed by atoms with Gasteiger partial charge in [0.15, 0.2) is 0 Å². The van der Waals surface area contributed by atoms with Gasteiger partial charge in [-0.15, -0.1) is 5.10 Å². The van der Waals surface area contributed by atoms with E-state index in [1.165, 1.54) is 0 Å². The highest BCUT2D eigenvalue weighted by atomic mass is 79.9. The lowest BCUT2D eigenvalue weighted by atomic mass is 10.1. The van der Waals surface area contributed by atoms with Gasteiger partial charge in [-0.25, -0.2) is 0 Å².